The number of fused-ring (bicyclic) bond motifs is 1. The summed E-state index contributed by atoms with van der Waals surface area (Å²) in [6.07, 6.45) is 0.584. The second-order valence-corrected chi connectivity index (χ2v) is 5.04. The Labute approximate surface area is 124 Å². The van der Waals surface area contributed by atoms with Gasteiger partial charge in [0.15, 0.2) is 0 Å². The molecular weight excluding hydrogens is 300 g/mol. The molecular formula is C14H13ClO6. The van der Waals surface area contributed by atoms with Crippen molar-refractivity contribution in [1.29, 1.82) is 0 Å². The average Bonchev–Trinajstić information content (AvgIpc) is 3.20. The summed E-state index contributed by atoms with van der Waals surface area (Å²) in [5.41, 5.74) is 0.110. The Kier molecular flexibility index (Phi) is 4.70. The molecule has 1 fully saturated rings. The summed E-state index contributed by atoms with van der Waals surface area (Å²) >= 11 is 5.93. The summed E-state index contributed by atoms with van der Waals surface area (Å²) in [5, 5.41) is 15.3. The van der Waals surface area contributed by atoms with Gasteiger partial charge >= 0.3 is 11.8 Å². The SMILES string of the molecule is O=C(O)O.O=c1cc(OCC2CC2)c2cc(Cl)ccc2o1. The van der Waals surface area contributed by atoms with E-state index in [2.05, 4.69) is 0 Å². The highest BCUT2D eigenvalue weighted by molar-refractivity contribution is 6.31. The fraction of sp³-hybridized carbons (Fsp3) is 0.286. The first-order valence-corrected chi connectivity index (χ1v) is 6.61. The first-order valence-electron chi connectivity index (χ1n) is 6.24. The minimum atomic E-state index is -1.83. The summed E-state index contributed by atoms with van der Waals surface area (Å²) in [5.74, 6) is 1.20. The lowest BCUT2D eigenvalue weighted by Gasteiger charge is -2.07. The molecule has 0 atom stereocenters. The van der Waals surface area contributed by atoms with Crippen molar-refractivity contribution in [3.8, 4) is 5.75 Å². The zero-order valence-corrected chi connectivity index (χ0v) is 11.7. The molecule has 0 unspecified atom stereocenters. The third kappa shape index (κ3) is 4.68. The van der Waals surface area contributed by atoms with Gasteiger partial charge in [-0.1, -0.05) is 11.6 Å². The van der Waals surface area contributed by atoms with E-state index in [4.69, 9.17) is 35.8 Å². The van der Waals surface area contributed by atoms with Crippen LogP contribution in [0.25, 0.3) is 11.0 Å². The van der Waals surface area contributed by atoms with Crippen molar-refractivity contribution in [1.82, 2.24) is 0 Å². The molecule has 0 aliphatic heterocycles. The highest BCUT2D eigenvalue weighted by atomic mass is 35.5. The fourth-order valence-corrected chi connectivity index (χ4v) is 1.89. The largest absolute Gasteiger partial charge is 0.503 e. The molecule has 21 heavy (non-hydrogen) atoms. The number of ether oxygens (including phenoxy) is 1. The Bertz CT molecular complexity index is 700. The standard InChI is InChI=1S/C13H11ClO3.CH2O3/c14-9-3-4-11-10(5-9)12(6-13(15)17-11)16-7-8-1-2-8;2-1(3)4/h3-6,8H,1-2,7H2;(H2,2,3,4). The van der Waals surface area contributed by atoms with Crippen molar-refractivity contribution in [2.45, 2.75) is 12.8 Å². The van der Waals surface area contributed by atoms with Crippen LogP contribution in [0.5, 0.6) is 5.75 Å². The zero-order chi connectivity index (χ0) is 15.4. The molecule has 1 heterocycles. The third-order valence-electron chi connectivity index (χ3n) is 2.84. The van der Waals surface area contributed by atoms with E-state index in [1.807, 2.05) is 0 Å². The van der Waals surface area contributed by atoms with Crippen LogP contribution in [-0.4, -0.2) is 23.0 Å². The van der Waals surface area contributed by atoms with E-state index in [9.17, 15) is 4.79 Å². The fourth-order valence-electron chi connectivity index (χ4n) is 1.72. The van der Waals surface area contributed by atoms with Gasteiger partial charge in [-0.05, 0) is 37.0 Å². The van der Waals surface area contributed by atoms with E-state index in [1.165, 1.54) is 18.9 Å². The topological polar surface area (TPSA) is 97.0 Å². The molecule has 1 aliphatic carbocycles. The van der Waals surface area contributed by atoms with E-state index in [0.717, 1.165) is 5.39 Å². The molecule has 0 spiro atoms. The maximum absolute atomic E-state index is 11.4. The molecule has 1 aliphatic rings. The van der Waals surface area contributed by atoms with Crippen molar-refractivity contribution in [2.75, 3.05) is 6.61 Å². The van der Waals surface area contributed by atoms with E-state index in [1.54, 1.807) is 18.2 Å². The molecule has 6 nitrogen and oxygen atoms in total. The number of carboxylic acid groups (broad SMARTS) is 2. The molecule has 2 N–H and O–H groups in total. The predicted octanol–water partition coefficient (Wildman–Crippen LogP) is 3.46. The third-order valence-corrected chi connectivity index (χ3v) is 3.07. The van der Waals surface area contributed by atoms with Gasteiger partial charge in [0.1, 0.15) is 11.3 Å². The Morgan fingerprint density at radius 2 is 2.00 bits per heavy atom. The minimum Gasteiger partial charge on any atom is -0.492 e. The predicted molar refractivity (Wildman–Crippen MR) is 76.4 cm³/mol. The second-order valence-electron chi connectivity index (χ2n) is 4.61. The summed E-state index contributed by atoms with van der Waals surface area (Å²) < 4.78 is 10.7. The number of carbonyl (C=O) groups is 1. The van der Waals surface area contributed by atoms with Gasteiger partial charge < -0.3 is 19.4 Å². The van der Waals surface area contributed by atoms with E-state index < -0.39 is 11.8 Å². The average molecular weight is 313 g/mol. The molecule has 2 aromatic rings. The molecule has 1 saturated carbocycles. The summed E-state index contributed by atoms with van der Waals surface area (Å²) in [7, 11) is 0. The summed E-state index contributed by atoms with van der Waals surface area (Å²) in [6.45, 7) is 0.658. The Balaban J connectivity index is 0.000000361. The van der Waals surface area contributed by atoms with E-state index >= 15 is 0 Å². The number of rotatable bonds is 3. The van der Waals surface area contributed by atoms with E-state index in [-0.39, 0.29) is 0 Å². The van der Waals surface area contributed by atoms with Gasteiger partial charge in [0, 0.05) is 5.02 Å². The highest BCUT2D eigenvalue weighted by Crippen LogP contribution is 2.32. The molecule has 7 heteroatoms. The smallest absolute Gasteiger partial charge is 0.492 e. The Morgan fingerprint density at radius 1 is 1.33 bits per heavy atom. The van der Waals surface area contributed by atoms with Crippen LogP contribution in [-0.2, 0) is 0 Å². The van der Waals surface area contributed by atoms with Crippen molar-refractivity contribution < 1.29 is 24.2 Å². The van der Waals surface area contributed by atoms with Gasteiger partial charge in [-0.15, -0.1) is 0 Å². The van der Waals surface area contributed by atoms with Crippen LogP contribution in [0.15, 0.2) is 33.5 Å². The number of hydrogen-bond acceptors (Lipinski definition) is 4. The van der Waals surface area contributed by atoms with Gasteiger partial charge in [-0.25, -0.2) is 9.59 Å². The number of benzene rings is 1. The molecule has 0 bridgehead atoms. The van der Waals surface area contributed by atoms with Gasteiger partial charge in [0.05, 0.1) is 18.1 Å². The maximum Gasteiger partial charge on any atom is 0.503 e. The van der Waals surface area contributed by atoms with Crippen LogP contribution >= 0.6 is 11.6 Å². The lowest BCUT2D eigenvalue weighted by molar-refractivity contribution is 0.137. The van der Waals surface area contributed by atoms with Crippen molar-refractivity contribution >= 4 is 28.7 Å². The summed E-state index contributed by atoms with van der Waals surface area (Å²) in [6, 6.07) is 6.50. The lowest BCUT2D eigenvalue weighted by atomic mass is 10.2. The number of halogens is 1. The van der Waals surface area contributed by atoms with E-state index in [0.29, 0.717) is 28.9 Å². The quantitative estimate of drug-likeness (QED) is 0.842. The molecule has 1 aromatic carbocycles. The maximum atomic E-state index is 11.4. The molecule has 3 rings (SSSR count). The summed E-state index contributed by atoms with van der Waals surface area (Å²) in [4.78, 5) is 19.9. The highest BCUT2D eigenvalue weighted by Gasteiger charge is 2.22. The second kappa shape index (κ2) is 6.49. The monoisotopic (exact) mass is 312 g/mol. The minimum absolute atomic E-state index is 0.398. The molecule has 112 valence electrons. The van der Waals surface area contributed by atoms with Crippen molar-refractivity contribution in [3.63, 3.8) is 0 Å². The van der Waals surface area contributed by atoms with Crippen LogP contribution in [0.2, 0.25) is 5.02 Å². The van der Waals surface area contributed by atoms with Crippen LogP contribution < -0.4 is 10.4 Å². The van der Waals surface area contributed by atoms with Gasteiger partial charge in [-0.3, -0.25) is 0 Å². The molecule has 0 amide bonds. The first kappa shape index (κ1) is 15.2. The molecule has 0 radical (unpaired) electrons. The van der Waals surface area contributed by atoms with Gasteiger partial charge in [0.2, 0.25) is 0 Å². The number of hydrogen-bond donors (Lipinski definition) is 2. The first-order chi connectivity index (χ1) is 9.95. The van der Waals surface area contributed by atoms with Crippen molar-refractivity contribution in [2.24, 2.45) is 5.92 Å². The van der Waals surface area contributed by atoms with Crippen LogP contribution in [0.1, 0.15) is 12.8 Å². The van der Waals surface area contributed by atoms with Crippen LogP contribution in [0, 0.1) is 5.92 Å². The zero-order valence-electron chi connectivity index (χ0n) is 10.9. The van der Waals surface area contributed by atoms with Gasteiger partial charge in [-0.2, -0.15) is 0 Å². The molecule has 0 saturated heterocycles. The lowest BCUT2D eigenvalue weighted by Crippen LogP contribution is -2.04. The normalized spacial score (nSPS) is 13.4. The Hall–Kier alpha value is -2.21. The van der Waals surface area contributed by atoms with Gasteiger partial charge in [0.25, 0.3) is 0 Å². The van der Waals surface area contributed by atoms with Crippen LogP contribution in [0.4, 0.5) is 4.79 Å². The van der Waals surface area contributed by atoms with Crippen LogP contribution in [0.3, 0.4) is 0 Å². The Morgan fingerprint density at radius 3 is 2.62 bits per heavy atom. The van der Waals surface area contributed by atoms with Crippen molar-refractivity contribution in [3.05, 3.63) is 39.7 Å². The molecule has 1 aromatic heterocycles.